The van der Waals surface area contributed by atoms with Crippen LogP contribution in [0.3, 0.4) is 0 Å². The quantitative estimate of drug-likeness (QED) is 0.172. The lowest BCUT2D eigenvalue weighted by Crippen LogP contribution is -2.55. The maximum atomic E-state index is 11.8. The predicted octanol–water partition coefficient (Wildman–Crippen LogP) is 4.98. The lowest BCUT2D eigenvalue weighted by Gasteiger charge is -2.58. The minimum absolute atomic E-state index is 0.0917. The summed E-state index contributed by atoms with van der Waals surface area (Å²) in [5, 5.41) is 11.4. The van der Waals surface area contributed by atoms with Crippen LogP contribution in [0.2, 0.25) is 0 Å². The van der Waals surface area contributed by atoms with Crippen LogP contribution in [0.15, 0.2) is 11.6 Å². The van der Waals surface area contributed by atoms with Gasteiger partial charge in [0.25, 0.3) is 0 Å². The number of fused-ring (bicyclic) bond motifs is 5. The van der Waals surface area contributed by atoms with Crippen molar-refractivity contribution in [3.05, 3.63) is 11.6 Å². The van der Waals surface area contributed by atoms with E-state index < -0.39 is 6.10 Å². The second-order valence-electron chi connectivity index (χ2n) is 11.1. The number of aliphatic hydroxyl groups is 1. The molecule has 1 N–H and O–H groups in total. The molecule has 9 atom stereocenters. The van der Waals surface area contributed by atoms with Gasteiger partial charge in [-0.1, -0.05) is 41.4 Å². The van der Waals surface area contributed by atoms with Crippen LogP contribution < -0.4 is 0 Å². The van der Waals surface area contributed by atoms with Crippen molar-refractivity contribution in [2.45, 2.75) is 102 Å². The van der Waals surface area contributed by atoms with Crippen LogP contribution in [0.25, 0.3) is 0 Å². The predicted molar refractivity (Wildman–Crippen MR) is 126 cm³/mol. The van der Waals surface area contributed by atoms with Crippen LogP contribution in [-0.4, -0.2) is 47.1 Å². The average Bonchev–Trinajstić information content (AvgIpc) is 2.98. The first-order valence-corrected chi connectivity index (χ1v) is 13.4. The van der Waals surface area contributed by atoms with Crippen molar-refractivity contribution in [2.75, 3.05) is 6.61 Å². The number of aldehydes is 1. The van der Waals surface area contributed by atoms with Gasteiger partial charge < -0.3 is 19.4 Å². The molecule has 0 radical (unpaired) electrons. The molecule has 4 rings (SSSR count). The Hall–Kier alpha value is -0.720. The zero-order chi connectivity index (χ0) is 23.1. The molecule has 5 nitrogen and oxygen atoms in total. The van der Waals surface area contributed by atoms with E-state index in [1.54, 1.807) is 0 Å². The van der Waals surface area contributed by atoms with Gasteiger partial charge in [-0.15, -0.1) is 0 Å². The number of ether oxygens (including phenoxy) is 2. The fraction of sp³-hybridized carbons (Fsp3) is 0.846. The highest BCUT2D eigenvalue weighted by molar-refractivity contribution is 9.09. The Morgan fingerprint density at radius 3 is 2.75 bits per heavy atom. The first-order chi connectivity index (χ1) is 15.2. The third-order valence-electron chi connectivity index (χ3n) is 9.34. The zero-order valence-electron chi connectivity index (χ0n) is 19.7. The highest BCUT2D eigenvalue weighted by Gasteiger charge is 2.63. The van der Waals surface area contributed by atoms with Crippen molar-refractivity contribution in [1.82, 2.24) is 0 Å². The highest BCUT2D eigenvalue weighted by atomic mass is 79.9. The van der Waals surface area contributed by atoms with Gasteiger partial charge in [-0.2, -0.15) is 0 Å². The number of halogens is 1. The fourth-order valence-corrected chi connectivity index (χ4v) is 8.77. The molecular formula is C26H39BrO5. The molecule has 32 heavy (non-hydrogen) atoms. The van der Waals surface area contributed by atoms with Crippen LogP contribution in [0.1, 0.15) is 78.6 Å². The number of carbonyl (C=O) groups excluding carboxylic acids is 2. The van der Waals surface area contributed by atoms with E-state index in [9.17, 15) is 14.7 Å². The fourth-order valence-electron chi connectivity index (χ4n) is 7.65. The first-order valence-electron chi connectivity index (χ1n) is 12.5. The zero-order valence-corrected chi connectivity index (χ0v) is 21.3. The number of aliphatic hydroxyl groups excluding tert-OH is 1. The lowest BCUT2D eigenvalue weighted by atomic mass is 9.47. The molecule has 0 saturated heterocycles. The minimum atomic E-state index is -0.449. The summed E-state index contributed by atoms with van der Waals surface area (Å²) in [4.78, 5) is 22.4. The number of hydrogen-bond acceptors (Lipinski definition) is 5. The van der Waals surface area contributed by atoms with E-state index in [-0.39, 0.29) is 39.8 Å². The third-order valence-corrected chi connectivity index (χ3v) is 10.2. The van der Waals surface area contributed by atoms with Crippen LogP contribution in [-0.2, 0) is 19.1 Å². The van der Waals surface area contributed by atoms with E-state index >= 15 is 0 Å². The topological polar surface area (TPSA) is 72.8 Å². The van der Waals surface area contributed by atoms with Gasteiger partial charge >= 0.3 is 5.97 Å². The van der Waals surface area contributed by atoms with Crippen LogP contribution in [0.4, 0.5) is 0 Å². The lowest BCUT2D eigenvalue weighted by molar-refractivity contribution is -0.159. The monoisotopic (exact) mass is 510 g/mol. The molecule has 0 aromatic carbocycles. The Kier molecular flexibility index (Phi) is 7.24. The van der Waals surface area contributed by atoms with Gasteiger partial charge in [0.05, 0.1) is 17.0 Å². The van der Waals surface area contributed by atoms with Crippen LogP contribution in [0.5, 0.6) is 0 Å². The Morgan fingerprint density at radius 1 is 1.25 bits per heavy atom. The van der Waals surface area contributed by atoms with Gasteiger partial charge in [-0.25, -0.2) is 0 Å². The third kappa shape index (κ3) is 4.24. The first kappa shape index (κ1) is 24.4. The number of rotatable bonds is 7. The van der Waals surface area contributed by atoms with E-state index in [1.807, 2.05) is 0 Å². The summed E-state index contributed by atoms with van der Waals surface area (Å²) in [5.74, 6) is 0.793. The summed E-state index contributed by atoms with van der Waals surface area (Å²) < 4.78 is 12.0. The largest absolute Gasteiger partial charge is 0.461 e. The maximum Gasteiger partial charge on any atom is 0.302 e. The van der Waals surface area contributed by atoms with E-state index in [2.05, 4.69) is 35.9 Å². The molecule has 0 amide bonds. The van der Waals surface area contributed by atoms with E-state index in [1.165, 1.54) is 12.5 Å². The van der Waals surface area contributed by atoms with Gasteiger partial charge in [0.1, 0.15) is 12.4 Å². The molecule has 0 heterocycles. The molecule has 0 aliphatic heterocycles. The Balaban J connectivity index is 1.49. The normalized spacial score (nSPS) is 45.3. The summed E-state index contributed by atoms with van der Waals surface area (Å²) in [7, 11) is 0. The molecule has 3 saturated carbocycles. The van der Waals surface area contributed by atoms with E-state index in [0.29, 0.717) is 24.9 Å². The SMILES string of the molecule is CC(=O)O[C@H]1[C@H](Br)CC2C3C(O)C=C4C[C@@H](OCCCCC=O)CC[C@]4(C)C3CC[C@@]21C. The van der Waals surface area contributed by atoms with Crippen molar-refractivity contribution in [2.24, 2.45) is 28.6 Å². The van der Waals surface area contributed by atoms with E-state index in [0.717, 1.165) is 57.7 Å². The van der Waals surface area contributed by atoms with Gasteiger partial charge in [0, 0.05) is 25.4 Å². The highest BCUT2D eigenvalue weighted by Crippen LogP contribution is 2.66. The molecular weight excluding hydrogens is 472 g/mol. The Morgan fingerprint density at radius 2 is 2.03 bits per heavy atom. The number of hydrogen-bond donors (Lipinski definition) is 1. The average molecular weight is 511 g/mol. The standard InChI is InChI=1S/C26H39BrO5/c1-16(29)32-24-21(27)15-20-23-19(8-10-26(20,24)3)25(2)9-7-18(13-17(25)14-22(23)30)31-12-6-4-5-11-28/h11,14,18-24,30H,4-10,12-13,15H2,1-3H3/t18-,19?,20?,21+,22?,23?,24-,25-,26-/m0/s1. The molecule has 4 aliphatic carbocycles. The molecule has 3 fully saturated rings. The molecule has 4 aliphatic rings. The molecule has 0 spiro atoms. The molecule has 6 heteroatoms. The second kappa shape index (κ2) is 9.50. The van der Waals surface area contributed by atoms with E-state index in [4.69, 9.17) is 9.47 Å². The number of carbonyl (C=O) groups is 2. The van der Waals surface area contributed by atoms with Crippen molar-refractivity contribution >= 4 is 28.2 Å². The Bertz CT molecular complexity index is 752. The van der Waals surface area contributed by atoms with Gasteiger partial charge in [0.15, 0.2) is 0 Å². The van der Waals surface area contributed by atoms with Gasteiger partial charge in [0.2, 0.25) is 0 Å². The number of unbranched alkanes of at least 4 members (excludes halogenated alkanes) is 2. The minimum Gasteiger partial charge on any atom is -0.461 e. The Labute approximate surface area is 200 Å². The van der Waals surface area contributed by atoms with Crippen molar-refractivity contribution < 1.29 is 24.2 Å². The molecule has 4 unspecified atom stereocenters. The number of alkyl halides is 1. The summed E-state index contributed by atoms with van der Waals surface area (Å²) in [5.41, 5.74) is 1.40. The maximum absolute atomic E-state index is 11.8. The van der Waals surface area contributed by atoms with Crippen LogP contribution >= 0.6 is 15.9 Å². The van der Waals surface area contributed by atoms with Crippen LogP contribution in [0, 0.1) is 28.6 Å². The van der Waals surface area contributed by atoms with Gasteiger partial charge in [-0.3, -0.25) is 4.79 Å². The second-order valence-corrected chi connectivity index (χ2v) is 12.3. The van der Waals surface area contributed by atoms with Crippen molar-refractivity contribution in [3.8, 4) is 0 Å². The summed E-state index contributed by atoms with van der Waals surface area (Å²) in [6, 6.07) is 0. The smallest absolute Gasteiger partial charge is 0.302 e. The summed E-state index contributed by atoms with van der Waals surface area (Å²) in [6.45, 7) is 6.89. The van der Waals surface area contributed by atoms with Crippen molar-refractivity contribution in [1.29, 1.82) is 0 Å². The van der Waals surface area contributed by atoms with Gasteiger partial charge in [-0.05, 0) is 74.5 Å². The molecule has 0 bridgehead atoms. The molecule has 0 aromatic rings. The van der Waals surface area contributed by atoms with Crippen molar-refractivity contribution in [3.63, 3.8) is 0 Å². The molecule has 180 valence electrons. The molecule has 0 aromatic heterocycles. The number of esters is 1. The summed E-state index contributed by atoms with van der Waals surface area (Å²) in [6.07, 6.45) is 11.3. The summed E-state index contributed by atoms with van der Waals surface area (Å²) >= 11 is 3.81.